The molecule has 4 aromatic heterocycles. The Balaban J connectivity index is 0.886. The summed E-state index contributed by atoms with van der Waals surface area (Å²) in [5.41, 5.74) is 14.7. The molecule has 0 aliphatic heterocycles. The van der Waals surface area contributed by atoms with Gasteiger partial charge in [0.05, 0.1) is 35.8 Å². The van der Waals surface area contributed by atoms with E-state index < -0.39 is 5.91 Å². The number of primary amides is 1. The third-order valence-corrected chi connectivity index (χ3v) is 10.6. The number of carbonyl (C=O) groups excluding carboxylic acids is 1. The highest BCUT2D eigenvalue weighted by Gasteiger charge is 2.20. The zero-order chi connectivity index (χ0) is 44.2. The number of aromatic nitrogens is 4. The van der Waals surface area contributed by atoms with E-state index in [0.717, 1.165) is 74.9 Å². The Bertz CT molecular complexity index is 2910. The van der Waals surface area contributed by atoms with Crippen LogP contribution in [-0.2, 0) is 0 Å². The first-order chi connectivity index (χ1) is 30.4. The average Bonchev–Trinajstić information content (AvgIpc) is 3.85. The van der Waals surface area contributed by atoms with Crippen molar-refractivity contribution in [2.24, 2.45) is 5.73 Å². The van der Waals surface area contributed by atoms with Gasteiger partial charge in [-0.05, 0) is 174 Å². The predicted octanol–water partition coefficient (Wildman–Crippen LogP) is 11.2. The van der Waals surface area contributed by atoms with E-state index in [1.807, 2.05) is 170 Å². The second-order valence-electron chi connectivity index (χ2n) is 16.3. The molecule has 4 heterocycles. The Morgan fingerprint density at radius 2 is 0.889 bits per heavy atom. The average molecular weight is 839 g/mol. The molecule has 8 aromatic rings. The summed E-state index contributed by atoms with van der Waals surface area (Å²) < 4.78 is 28.1. The van der Waals surface area contributed by atoms with Crippen LogP contribution in [-0.4, -0.2) is 49.1 Å². The number of amides is 1. The van der Waals surface area contributed by atoms with Gasteiger partial charge >= 0.3 is 0 Å². The van der Waals surface area contributed by atoms with E-state index in [4.69, 9.17) is 24.7 Å². The summed E-state index contributed by atoms with van der Waals surface area (Å²) in [6.07, 6.45) is 5.61. The number of nitrogens with two attached hydrogens (primary N) is 1. The summed E-state index contributed by atoms with van der Waals surface area (Å²) >= 11 is 0. The number of imidazole rings is 2. The topological polar surface area (TPSA) is 138 Å². The summed E-state index contributed by atoms with van der Waals surface area (Å²) in [5.74, 6) is 2.49. The van der Waals surface area contributed by atoms with Gasteiger partial charge < -0.3 is 24.7 Å². The van der Waals surface area contributed by atoms with Crippen molar-refractivity contribution in [2.45, 2.75) is 78.8 Å². The Labute approximate surface area is 367 Å². The quantitative estimate of drug-likeness (QED) is 0.101. The third-order valence-electron chi connectivity index (χ3n) is 10.6. The fraction of sp³-hybridized carbons (Fsp3) is 0.231. The largest absolute Gasteiger partial charge is 0.491 e. The van der Waals surface area contributed by atoms with Crippen molar-refractivity contribution in [3.8, 4) is 73.8 Å². The number of nitrogens with zero attached hydrogens (tertiary/aromatic N) is 5. The first-order valence-corrected chi connectivity index (χ1v) is 21.2. The van der Waals surface area contributed by atoms with Gasteiger partial charge in [0.2, 0.25) is 0 Å². The number of benzene rings is 4. The van der Waals surface area contributed by atoms with E-state index in [0.29, 0.717) is 22.7 Å². The van der Waals surface area contributed by atoms with Gasteiger partial charge in [0, 0.05) is 23.5 Å². The van der Waals surface area contributed by atoms with Crippen LogP contribution < -0.4 is 24.7 Å². The predicted molar refractivity (Wildman–Crippen MR) is 246 cm³/mol. The van der Waals surface area contributed by atoms with Crippen LogP contribution in [0, 0.1) is 11.3 Å². The van der Waals surface area contributed by atoms with Crippen LogP contribution in [0.5, 0.6) is 23.0 Å². The number of rotatable bonds is 16. The highest BCUT2D eigenvalue weighted by molar-refractivity contribution is 5.98. The zero-order valence-electron chi connectivity index (χ0n) is 36.3. The van der Waals surface area contributed by atoms with Gasteiger partial charge in [-0.1, -0.05) is 24.3 Å². The first kappa shape index (κ1) is 42.1. The second-order valence-corrected chi connectivity index (χ2v) is 16.3. The molecule has 0 saturated carbocycles. The molecule has 0 bridgehead atoms. The molecule has 0 aliphatic rings. The summed E-state index contributed by atoms with van der Waals surface area (Å²) in [5, 5.41) is 10.0. The van der Waals surface area contributed by atoms with Gasteiger partial charge in [0.1, 0.15) is 40.4 Å². The SMILES string of the molecule is CC(C)Oc1ccc(-c2ccc3nc(C#N)c(-c4ccc(OC(C)CCC(C)Oc5ccc(-c6ccc7nc(C(N)=O)c(-c8ccc(OC(C)C)cc8)n7c6)cc5)cc4)n3c2)cc1. The van der Waals surface area contributed by atoms with Crippen LogP contribution in [0.4, 0.5) is 0 Å². The minimum atomic E-state index is -0.592. The van der Waals surface area contributed by atoms with E-state index in [1.54, 1.807) is 0 Å². The van der Waals surface area contributed by atoms with Crippen molar-refractivity contribution < 1.29 is 23.7 Å². The molecule has 0 radical (unpaired) electrons. The van der Waals surface area contributed by atoms with E-state index in [9.17, 15) is 10.1 Å². The van der Waals surface area contributed by atoms with E-state index in [1.165, 1.54) is 0 Å². The number of nitriles is 1. The molecule has 2 atom stereocenters. The number of ether oxygens (including phenoxy) is 4. The van der Waals surface area contributed by atoms with Gasteiger partial charge in [-0.15, -0.1) is 0 Å². The maximum atomic E-state index is 12.5. The molecule has 2 unspecified atom stereocenters. The van der Waals surface area contributed by atoms with Crippen molar-refractivity contribution in [3.63, 3.8) is 0 Å². The number of carbonyl (C=O) groups is 1. The van der Waals surface area contributed by atoms with Gasteiger partial charge in [-0.3, -0.25) is 13.6 Å². The molecule has 8 rings (SSSR count). The Morgan fingerprint density at radius 3 is 1.30 bits per heavy atom. The zero-order valence-corrected chi connectivity index (χ0v) is 36.3. The van der Waals surface area contributed by atoms with Gasteiger partial charge in [-0.2, -0.15) is 5.26 Å². The molecule has 11 nitrogen and oxygen atoms in total. The van der Waals surface area contributed by atoms with Gasteiger partial charge in [0.15, 0.2) is 11.4 Å². The van der Waals surface area contributed by atoms with Crippen LogP contribution in [0.1, 0.15) is 70.6 Å². The number of hydrogen-bond acceptors (Lipinski definition) is 8. The molecule has 1 amide bonds. The molecule has 2 N–H and O–H groups in total. The number of hydrogen-bond donors (Lipinski definition) is 1. The van der Waals surface area contributed by atoms with Gasteiger partial charge in [-0.25, -0.2) is 9.97 Å². The molecule has 0 aliphatic carbocycles. The summed E-state index contributed by atoms with van der Waals surface area (Å²) in [4.78, 5) is 21.6. The smallest absolute Gasteiger partial charge is 0.269 e. The Kier molecular flexibility index (Phi) is 12.2. The van der Waals surface area contributed by atoms with Crippen LogP contribution >= 0.6 is 0 Å². The minimum Gasteiger partial charge on any atom is -0.491 e. The lowest BCUT2D eigenvalue weighted by Crippen LogP contribution is -2.18. The van der Waals surface area contributed by atoms with Crippen LogP contribution in [0.15, 0.2) is 134 Å². The van der Waals surface area contributed by atoms with Crippen LogP contribution in [0.3, 0.4) is 0 Å². The molecule has 318 valence electrons. The molecular weight excluding hydrogens is 789 g/mol. The molecule has 63 heavy (non-hydrogen) atoms. The molecular formula is C52H50N6O5. The second kappa shape index (κ2) is 18.2. The standard InChI is InChI=1S/C52H50N6O5/c1-32(2)60-42-19-9-36(10-20-42)40-17-27-47-55-46(29-53)50(57(47)30-40)38-13-25-45(26-14-38)63-35(6)8-7-34(5)62-44-21-11-37(12-22-44)41-18-28-48-56-49(52(54)59)51(58(48)31-41)39-15-23-43(24-16-39)61-33(3)4/h9-28,30-35H,7-8H2,1-6H3,(H2,54,59). The van der Waals surface area contributed by atoms with Gasteiger partial charge in [0.25, 0.3) is 5.91 Å². The van der Waals surface area contributed by atoms with Crippen LogP contribution in [0.2, 0.25) is 0 Å². The molecule has 0 saturated heterocycles. The maximum absolute atomic E-state index is 12.5. The molecule has 4 aromatic carbocycles. The van der Waals surface area contributed by atoms with E-state index in [2.05, 4.69) is 29.9 Å². The third kappa shape index (κ3) is 9.51. The fourth-order valence-electron chi connectivity index (χ4n) is 7.66. The highest BCUT2D eigenvalue weighted by Crippen LogP contribution is 2.33. The van der Waals surface area contributed by atoms with Crippen molar-refractivity contribution in [2.75, 3.05) is 0 Å². The highest BCUT2D eigenvalue weighted by atomic mass is 16.5. The number of pyridine rings is 2. The van der Waals surface area contributed by atoms with Crippen molar-refractivity contribution in [1.29, 1.82) is 5.26 Å². The van der Waals surface area contributed by atoms with Crippen LogP contribution in [0.25, 0.3) is 56.1 Å². The molecule has 0 spiro atoms. The van der Waals surface area contributed by atoms with E-state index >= 15 is 0 Å². The summed E-state index contributed by atoms with van der Waals surface area (Å²) in [6.45, 7) is 12.1. The molecule has 11 heteroatoms. The number of fused-ring (bicyclic) bond motifs is 2. The first-order valence-electron chi connectivity index (χ1n) is 21.2. The maximum Gasteiger partial charge on any atom is 0.269 e. The fourth-order valence-corrected chi connectivity index (χ4v) is 7.66. The van der Waals surface area contributed by atoms with E-state index in [-0.39, 0.29) is 30.1 Å². The minimum absolute atomic E-state index is 0.0468. The summed E-state index contributed by atoms with van der Waals surface area (Å²) in [6, 6.07) is 41.5. The summed E-state index contributed by atoms with van der Waals surface area (Å²) in [7, 11) is 0. The van der Waals surface area contributed by atoms with Crippen molar-refractivity contribution >= 4 is 17.2 Å². The Hall–Kier alpha value is -7.58. The monoisotopic (exact) mass is 838 g/mol. The lowest BCUT2D eigenvalue weighted by molar-refractivity contribution is 0.0996. The normalized spacial score (nSPS) is 12.4. The van der Waals surface area contributed by atoms with Crippen molar-refractivity contribution in [1.82, 2.24) is 18.8 Å². The van der Waals surface area contributed by atoms with Crippen molar-refractivity contribution in [3.05, 3.63) is 145 Å². The lowest BCUT2D eigenvalue weighted by Gasteiger charge is -2.19. The lowest BCUT2D eigenvalue weighted by atomic mass is 10.1. The molecule has 0 fully saturated rings. The Morgan fingerprint density at radius 1 is 0.524 bits per heavy atom.